The normalized spacial score (nSPS) is 16.9. The third-order valence-electron chi connectivity index (χ3n) is 3.09. The first-order valence-electron chi connectivity index (χ1n) is 6.64. The van der Waals surface area contributed by atoms with Gasteiger partial charge in [-0.25, -0.2) is 4.63 Å². The second kappa shape index (κ2) is 6.95. The smallest absolute Gasteiger partial charge is 0.168 e. The first-order valence-corrected chi connectivity index (χ1v) is 7.63. The van der Waals surface area contributed by atoms with Gasteiger partial charge in [0, 0.05) is 13.1 Å². The molecule has 0 saturated carbocycles. The van der Waals surface area contributed by atoms with Gasteiger partial charge in [0.2, 0.25) is 0 Å². The van der Waals surface area contributed by atoms with Crippen LogP contribution in [0.5, 0.6) is 0 Å². The lowest BCUT2D eigenvalue weighted by Gasteiger charge is -2.21. The Balaban J connectivity index is 1.96. The molecule has 4 nitrogen and oxygen atoms in total. The van der Waals surface area contributed by atoms with E-state index in [0.717, 1.165) is 36.0 Å². The molecular formula is C13H21N3OS. The molecule has 1 aliphatic rings. The van der Waals surface area contributed by atoms with Gasteiger partial charge in [0.1, 0.15) is 5.69 Å². The maximum absolute atomic E-state index is 4.91. The molecule has 18 heavy (non-hydrogen) atoms. The van der Waals surface area contributed by atoms with Gasteiger partial charge in [-0.15, -0.1) is 11.8 Å². The summed E-state index contributed by atoms with van der Waals surface area (Å²) in [5.41, 5.74) is 2.20. The van der Waals surface area contributed by atoms with E-state index in [9.17, 15) is 0 Å². The largest absolute Gasteiger partial charge is 0.302 e. The number of unbranched alkanes of at least 4 members (excludes halogenated alkanes) is 2. The van der Waals surface area contributed by atoms with Crippen molar-refractivity contribution < 1.29 is 4.63 Å². The van der Waals surface area contributed by atoms with Crippen LogP contribution < -0.4 is 0 Å². The number of likely N-dealkylation sites (N-methyl/N-ethyl adjacent to an activating group) is 1. The quantitative estimate of drug-likeness (QED) is 0.585. The van der Waals surface area contributed by atoms with Crippen molar-refractivity contribution >= 4 is 17.3 Å². The van der Waals surface area contributed by atoms with Gasteiger partial charge in [0.15, 0.2) is 5.03 Å². The Labute approximate surface area is 113 Å². The monoisotopic (exact) mass is 267 g/mol. The Morgan fingerprint density at radius 3 is 3.06 bits per heavy atom. The molecule has 0 aliphatic carbocycles. The molecule has 0 fully saturated rings. The summed E-state index contributed by atoms with van der Waals surface area (Å²) in [7, 11) is 2.13. The minimum absolute atomic E-state index is 0.941. The van der Waals surface area contributed by atoms with E-state index >= 15 is 0 Å². The van der Waals surface area contributed by atoms with Crippen LogP contribution in [0.1, 0.15) is 38.3 Å². The average molecular weight is 267 g/mol. The molecule has 100 valence electrons. The highest BCUT2D eigenvalue weighted by molar-refractivity contribution is 7.99. The van der Waals surface area contributed by atoms with E-state index in [2.05, 4.69) is 35.3 Å². The molecule has 0 saturated heterocycles. The fraction of sp³-hybridized carbons (Fsp3) is 0.692. The molecule has 0 spiro atoms. The maximum atomic E-state index is 4.91. The predicted octanol–water partition coefficient (Wildman–Crippen LogP) is 3.07. The molecule has 2 heterocycles. The van der Waals surface area contributed by atoms with Crippen molar-refractivity contribution in [1.82, 2.24) is 15.2 Å². The lowest BCUT2D eigenvalue weighted by molar-refractivity contribution is 0.297. The van der Waals surface area contributed by atoms with Crippen molar-refractivity contribution in [2.45, 2.75) is 37.6 Å². The zero-order chi connectivity index (χ0) is 12.8. The molecule has 0 aromatic carbocycles. The highest BCUT2D eigenvalue weighted by Gasteiger charge is 2.18. The summed E-state index contributed by atoms with van der Waals surface area (Å²) < 4.78 is 4.91. The molecule has 1 aliphatic heterocycles. The van der Waals surface area contributed by atoms with E-state index in [-0.39, 0.29) is 0 Å². The topological polar surface area (TPSA) is 42.2 Å². The average Bonchev–Trinajstić information content (AvgIpc) is 2.83. The van der Waals surface area contributed by atoms with Crippen molar-refractivity contribution in [2.24, 2.45) is 0 Å². The molecule has 1 aromatic heterocycles. The number of thioether (sulfide) groups is 1. The van der Waals surface area contributed by atoms with Crippen LogP contribution in [0.3, 0.4) is 0 Å². The minimum Gasteiger partial charge on any atom is -0.302 e. The highest BCUT2D eigenvalue weighted by Crippen LogP contribution is 2.28. The van der Waals surface area contributed by atoms with Crippen LogP contribution in [0, 0.1) is 0 Å². The summed E-state index contributed by atoms with van der Waals surface area (Å²) in [5.74, 6) is 1.10. The van der Waals surface area contributed by atoms with Crippen molar-refractivity contribution in [1.29, 1.82) is 0 Å². The van der Waals surface area contributed by atoms with E-state index in [1.807, 2.05) is 0 Å². The Bertz CT molecular complexity index is 403. The molecule has 2 rings (SSSR count). The Kier molecular flexibility index (Phi) is 5.26. The van der Waals surface area contributed by atoms with E-state index in [0.29, 0.717) is 0 Å². The SMILES string of the molecule is CCCCCSc1nonc1C1=CCCN(C)C1. The molecule has 5 heteroatoms. The molecule has 1 aromatic rings. The van der Waals surface area contributed by atoms with E-state index in [1.165, 1.54) is 24.8 Å². The van der Waals surface area contributed by atoms with Crippen LogP contribution in [0.4, 0.5) is 0 Å². The summed E-state index contributed by atoms with van der Waals surface area (Å²) in [5, 5.41) is 9.05. The Morgan fingerprint density at radius 1 is 1.39 bits per heavy atom. The third-order valence-corrected chi connectivity index (χ3v) is 4.13. The zero-order valence-electron chi connectivity index (χ0n) is 11.2. The van der Waals surface area contributed by atoms with Gasteiger partial charge in [0.05, 0.1) is 0 Å². The lowest BCUT2D eigenvalue weighted by atomic mass is 10.1. The molecule has 0 bridgehead atoms. The highest BCUT2D eigenvalue weighted by atomic mass is 32.2. The van der Waals surface area contributed by atoms with Crippen LogP contribution in [0.15, 0.2) is 15.7 Å². The van der Waals surface area contributed by atoms with Crippen LogP contribution in [-0.2, 0) is 0 Å². The molecule has 0 atom stereocenters. The van der Waals surface area contributed by atoms with Gasteiger partial charge in [-0.05, 0) is 41.5 Å². The number of hydrogen-bond acceptors (Lipinski definition) is 5. The maximum Gasteiger partial charge on any atom is 0.168 e. The summed E-state index contributed by atoms with van der Waals surface area (Å²) in [4.78, 5) is 2.30. The second-order valence-electron chi connectivity index (χ2n) is 4.73. The number of aromatic nitrogens is 2. The predicted molar refractivity (Wildman–Crippen MR) is 74.6 cm³/mol. The second-order valence-corrected chi connectivity index (χ2v) is 5.81. The minimum atomic E-state index is 0.941. The first-order chi connectivity index (χ1) is 8.81. The van der Waals surface area contributed by atoms with Gasteiger partial charge in [0.25, 0.3) is 0 Å². The van der Waals surface area contributed by atoms with Crippen molar-refractivity contribution in [3.8, 4) is 0 Å². The fourth-order valence-corrected chi connectivity index (χ4v) is 2.99. The molecule has 0 unspecified atom stereocenters. The van der Waals surface area contributed by atoms with Crippen LogP contribution in [0.2, 0.25) is 0 Å². The number of hydrogen-bond donors (Lipinski definition) is 0. The fourth-order valence-electron chi connectivity index (χ4n) is 2.06. The van der Waals surface area contributed by atoms with E-state index in [1.54, 1.807) is 11.8 Å². The third kappa shape index (κ3) is 3.59. The molecular weight excluding hydrogens is 246 g/mol. The van der Waals surface area contributed by atoms with Gasteiger partial charge < -0.3 is 4.90 Å². The van der Waals surface area contributed by atoms with E-state index < -0.39 is 0 Å². The summed E-state index contributed by atoms with van der Waals surface area (Å²) in [6, 6.07) is 0. The first kappa shape index (κ1) is 13.6. The van der Waals surface area contributed by atoms with Crippen molar-refractivity contribution in [3.05, 3.63) is 11.8 Å². The van der Waals surface area contributed by atoms with Crippen LogP contribution in [-0.4, -0.2) is 41.1 Å². The van der Waals surface area contributed by atoms with Gasteiger partial charge >= 0.3 is 0 Å². The standard InChI is InChI=1S/C13H21N3OS/c1-3-4-5-9-18-13-12(14-17-15-13)11-7-6-8-16(2)10-11/h7H,3-6,8-10H2,1-2H3. The Morgan fingerprint density at radius 2 is 2.28 bits per heavy atom. The molecule has 0 N–H and O–H groups in total. The lowest BCUT2D eigenvalue weighted by Crippen LogP contribution is -2.25. The Hall–Kier alpha value is -0.810. The van der Waals surface area contributed by atoms with Crippen LogP contribution >= 0.6 is 11.8 Å². The van der Waals surface area contributed by atoms with Gasteiger partial charge in [-0.1, -0.05) is 25.8 Å². The summed E-state index contributed by atoms with van der Waals surface area (Å²) in [6.07, 6.45) is 7.10. The van der Waals surface area contributed by atoms with Gasteiger partial charge in [-0.2, -0.15) is 0 Å². The molecule has 0 amide bonds. The van der Waals surface area contributed by atoms with Crippen LogP contribution in [0.25, 0.3) is 5.57 Å². The van der Waals surface area contributed by atoms with Gasteiger partial charge in [-0.3, -0.25) is 0 Å². The number of nitrogens with zero attached hydrogens (tertiary/aromatic N) is 3. The van der Waals surface area contributed by atoms with E-state index in [4.69, 9.17) is 4.63 Å². The number of rotatable bonds is 6. The molecule has 0 radical (unpaired) electrons. The van der Waals surface area contributed by atoms with Crippen molar-refractivity contribution in [3.63, 3.8) is 0 Å². The zero-order valence-corrected chi connectivity index (χ0v) is 12.0. The summed E-state index contributed by atoms with van der Waals surface area (Å²) >= 11 is 1.76. The van der Waals surface area contributed by atoms with Crippen molar-refractivity contribution in [2.75, 3.05) is 25.9 Å². The summed E-state index contributed by atoms with van der Waals surface area (Å²) in [6.45, 7) is 4.28.